The van der Waals surface area contributed by atoms with Crippen molar-refractivity contribution >= 4 is 17.4 Å². The molecule has 0 aliphatic carbocycles. The second-order valence-electron chi connectivity index (χ2n) is 5.80. The van der Waals surface area contributed by atoms with Crippen LogP contribution in [0, 0.1) is 6.92 Å². The molecular formula is C18H25N3O2S. The summed E-state index contributed by atoms with van der Waals surface area (Å²) in [6.07, 6.45) is 2.48. The van der Waals surface area contributed by atoms with E-state index in [0.717, 1.165) is 5.69 Å². The molecule has 0 saturated heterocycles. The first-order valence-corrected chi connectivity index (χ1v) is 8.89. The SMILES string of the molecule is COCCN(Cc1ccc(C)s1)C(=O)NC(C)Cc1ccccn1. The average molecular weight is 347 g/mol. The van der Waals surface area contributed by atoms with E-state index in [9.17, 15) is 4.79 Å². The van der Waals surface area contributed by atoms with Crippen molar-refractivity contribution in [1.29, 1.82) is 0 Å². The minimum absolute atomic E-state index is 0.0162. The number of thiophene rings is 1. The van der Waals surface area contributed by atoms with Gasteiger partial charge in [-0.1, -0.05) is 6.07 Å². The molecule has 1 N–H and O–H groups in total. The predicted octanol–water partition coefficient (Wildman–Crippen LogP) is 3.24. The number of amides is 2. The first-order valence-electron chi connectivity index (χ1n) is 8.08. The van der Waals surface area contributed by atoms with E-state index >= 15 is 0 Å². The number of pyridine rings is 1. The molecule has 0 fully saturated rings. The number of aromatic nitrogens is 1. The second-order valence-corrected chi connectivity index (χ2v) is 7.17. The first-order chi connectivity index (χ1) is 11.6. The maximum Gasteiger partial charge on any atom is 0.318 e. The number of urea groups is 1. The standard InChI is InChI=1S/C18H25N3O2S/c1-14(12-16-6-4-5-9-19-16)20-18(22)21(10-11-23-3)13-17-8-7-15(2)24-17/h4-9,14H,10-13H2,1-3H3,(H,20,22). The lowest BCUT2D eigenvalue weighted by Crippen LogP contribution is -2.45. The molecule has 1 atom stereocenters. The van der Waals surface area contributed by atoms with Crippen LogP contribution in [0.3, 0.4) is 0 Å². The number of methoxy groups -OCH3 is 1. The Bertz CT molecular complexity index is 630. The van der Waals surface area contributed by atoms with Gasteiger partial charge in [-0.3, -0.25) is 4.98 Å². The van der Waals surface area contributed by atoms with E-state index in [0.29, 0.717) is 26.1 Å². The molecule has 2 heterocycles. The number of rotatable bonds is 8. The van der Waals surface area contributed by atoms with E-state index in [1.54, 1.807) is 29.5 Å². The van der Waals surface area contributed by atoms with Crippen LogP contribution in [0.5, 0.6) is 0 Å². The van der Waals surface area contributed by atoms with Crippen molar-refractivity contribution in [1.82, 2.24) is 15.2 Å². The number of carbonyl (C=O) groups excluding carboxylic acids is 1. The molecule has 2 rings (SSSR count). The van der Waals surface area contributed by atoms with E-state index < -0.39 is 0 Å². The van der Waals surface area contributed by atoms with Gasteiger partial charge in [0.15, 0.2) is 0 Å². The van der Waals surface area contributed by atoms with Crippen LogP contribution in [0.25, 0.3) is 0 Å². The summed E-state index contributed by atoms with van der Waals surface area (Å²) in [5.74, 6) is 0. The number of ether oxygens (including phenoxy) is 1. The van der Waals surface area contributed by atoms with Gasteiger partial charge in [0, 0.05) is 47.8 Å². The molecule has 0 aliphatic heterocycles. The molecule has 0 saturated carbocycles. The number of nitrogens with one attached hydrogen (secondary N) is 1. The van der Waals surface area contributed by atoms with Gasteiger partial charge in [0.25, 0.3) is 0 Å². The van der Waals surface area contributed by atoms with Crippen molar-refractivity contribution in [2.45, 2.75) is 32.9 Å². The Labute approximate surface area is 147 Å². The summed E-state index contributed by atoms with van der Waals surface area (Å²) in [6, 6.07) is 9.92. The number of hydrogen-bond donors (Lipinski definition) is 1. The highest BCUT2D eigenvalue weighted by molar-refractivity contribution is 7.11. The lowest BCUT2D eigenvalue weighted by molar-refractivity contribution is 0.145. The van der Waals surface area contributed by atoms with Crippen LogP contribution in [0.15, 0.2) is 36.5 Å². The molecule has 2 aromatic heterocycles. The fraction of sp³-hybridized carbons (Fsp3) is 0.444. The molecule has 0 aromatic carbocycles. The lowest BCUT2D eigenvalue weighted by atomic mass is 10.1. The van der Waals surface area contributed by atoms with Crippen molar-refractivity contribution in [2.75, 3.05) is 20.3 Å². The highest BCUT2D eigenvalue weighted by Gasteiger charge is 2.17. The van der Waals surface area contributed by atoms with Crippen LogP contribution >= 0.6 is 11.3 Å². The zero-order valence-electron chi connectivity index (χ0n) is 14.5. The van der Waals surface area contributed by atoms with Gasteiger partial charge in [0.2, 0.25) is 0 Å². The molecule has 2 amide bonds. The Morgan fingerprint density at radius 2 is 2.21 bits per heavy atom. The molecule has 0 aliphatic rings. The van der Waals surface area contributed by atoms with Gasteiger partial charge in [-0.2, -0.15) is 0 Å². The summed E-state index contributed by atoms with van der Waals surface area (Å²) in [5, 5.41) is 3.06. The van der Waals surface area contributed by atoms with Gasteiger partial charge in [-0.05, 0) is 38.1 Å². The maximum atomic E-state index is 12.6. The van der Waals surface area contributed by atoms with E-state index in [1.165, 1.54) is 9.75 Å². The maximum absolute atomic E-state index is 12.6. The zero-order chi connectivity index (χ0) is 17.4. The van der Waals surface area contributed by atoms with Gasteiger partial charge in [0.1, 0.15) is 0 Å². The minimum Gasteiger partial charge on any atom is -0.383 e. The quantitative estimate of drug-likeness (QED) is 0.797. The number of carbonyl (C=O) groups is 1. The molecule has 130 valence electrons. The first kappa shape index (κ1) is 18.4. The van der Waals surface area contributed by atoms with Crippen LogP contribution in [-0.2, 0) is 17.7 Å². The topological polar surface area (TPSA) is 54.5 Å². The number of aryl methyl sites for hydroxylation is 1. The second kappa shape index (κ2) is 9.39. The van der Waals surface area contributed by atoms with Crippen LogP contribution < -0.4 is 5.32 Å². The van der Waals surface area contributed by atoms with Crippen molar-refractivity contribution in [2.24, 2.45) is 0 Å². The summed E-state index contributed by atoms with van der Waals surface area (Å²) in [6.45, 7) is 5.75. The van der Waals surface area contributed by atoms with Gasteiger partial charge in [0.05, 0.1) is 13.2 Å². The third kappa shape index (κ3) is 5.94. The smallest absolute Gasteiger partial charge is 0.318 e. The molecular weight excluding hydrogens is 322 g/mol. The Morgan fingerprint density at radius 3 is 2.83 bits per heavy atom. The minimum atomic E-state index is -0.0680. The highest BCUT2D eigenvalue weighted by atomic mass is 32.1. The normalized spacial score (nSPS) is 12.0. The van der Waals surface area contributed by atoms with E-state index in [2.05, 4.69) is 29.4 Å². The van der Waals surface area contributed by atoms with Gasteiger partial charge in [-0.15, -0.1) is 11.3 Å². The number of nitrogens with zero attached hydrogens (tertiary/aromatic N) is 2. The molecule has 6 heteroatoms. The molecule has 2 aromatic rings. The van der Waals surface area contributed by atoms with Crippen molar-refractivity contribution in [3.8, 4) is 0 Å². The molecule has 5 nitrogen and oxygen atoms in total. The molecule has 0 bridgehead atoms. The molecule has 0 spiro atoms. The van der Waals surface area contributed by atoms with Crippen LogP contribution in [0.1, 0.15) is 22.4 Å². The Balaban J connectivity index is 1.93. The van der Waals surface area contributed by atoms with Crippen molar-refractivity contribution < 1.29 is 9.53 Å². The summed E-state index contributed by atoms with van der Waals surface area (Å²) >= 11 is 1.72. The average Bonchev–Trinajstić information content (AvgIpc) is 2.97. The zero-order valence-corrected chi connectivity index (χ0v) is 15.3. The number of hydrogen-bond acceptors (Lipinski definition) is 4. The third-order valence-corrected chi connectivity index (χ3v) is 4.59. The van der Waals surface area contributed by atoms with Crippen LogP contribution in [-0.4, -0.2) is 42.2 Å². The highest BCUT2D eigenvalue weighted by Crippen LogP contribution is 2.17. The summed E-state index contributed by atoms with van der Waals surface area (Å²) in [5.41, 5.74) is 0.975. The van der Waals surface area contributed by atoms with Crippen LogP contribution in [0.2, 0.25) is 0 Å². The largest absolute Gasteiger partial charge is 0.383 e. The predicted molar refractivity (Wildman–Crippen MR) is 97.3 cm³/mol. The summed E-state index contributed by atoms with van der Waals surface area (Å²) in [7, 11) is 1.65. The van der Waals surface area contributed by atoms with Gasteiger partial charge >= 0.3 is 6.03 Å². The van der Waals surface area contributed by atoms with Crippen LogP contribution in [0.4, 0.5) is 4.79 Å². The van der Waals surface area contributed by atoms with E-state index in [1.807, 2.05) is 25.1 Å². The Hall–Kier alpha value is -1.92. The van der Waals surface area contributed by atoms with Crippen molar-refractivity contribution in [3.05, 3.63) is 52.0 Å². The van der Waals surface area contributed by atoms with E-state index in [4.69, 9.17) is 4.74 Å². The molecule has 1 unspecified atom stereocenters. The van der Waals surface area contributed by atoms with Gasteiger partial charge < -0.3 is 15.0 Å². The summed E-state index contributed by atoms with van der Waals surface area (Å²) < 4.78 is 5.14. The Kier molecular flexibility index (Phi) is 7.21. The molecule has 24 heavy (non-hydrogen) atoms. The fourth-order valence-corrected chi connectivity index (χ4v) is 3.30. The van der Waals surface area contributed by atoms with Crippen molar-refractivity contribution in [3.63, 3.8) is 0 Å². The fourth-order valence-electron chi connectivity index (χ4n) is 2.40. The van der Waals surface area contributed by atoms with Gasteiger partial charge in [-0.25, -0.2) is 4.79 Å². The summed E-state index contributed by atoms with van der Waals surface area (Å²) in [4.78, 5) is 21.1. The molecule has 0 radical (unpaired) electrons. The van der Waals surface area contributed by atoms with E-state index in [-0.39, 0.29) is 12.1 Å². The Morgan fingerprint density at radius 1 is 1.38 bits per heavy atom. The lowest BCUT2D eigenvalue weighted by Gasteiger charge is -2.24. The monoisotopic (exact) mass is 347 g/mol. The third-order valence-electron chi connectivity index (χ3n) is 3.61.